The van der Waals surface area contributed by atoms with Gasteiger partial charge in [-0.25, -0.2) is 4.98 Å². The molecule has 5 rings (SSSR count). The van der Waals surface area contributed by atoms with Crippen molar-refractivity contribution in [3.63, 3.8) is 0 Å². The van der Waals surface area contributed by atoms with Crippen molar-refractivity contribution in [2.75, 3.05) is 78.3 Å². The molecule has 0 bridgehead atoms. The van der Waals surface area contributed by atoms with Crippen LogP contribution in [0.15, 0.2) is 55.1 Å². The Morgan fingerprint density at radius 1 is 0.907 bits per heavy atom. The van der Waals surface area contributed by atoms with Gasteiger partial charge >= 0.3 is 0 Å². The number of rotatable bonds is 17. The summed E-state index contributed by atoms with van der Waals surface area (Å²) < 4.78 is 37.2. The first kappa shape index (κ1) is 31.2. The van der Waals surface area contributed by atoms with Gasteiger partial charge in [0.15, 0.2) is 0 Å². The largest absolute Gasteiger partial charge is 0.494 e. The minimum atomic E-state index is -0.0799. The first-order valence-electron chi connectivity index (χ1n) is 15.2. The second-order valence-electron chi connectivity index (χ2n) is 10.8. The SMILES string of the molecule is COCCCOc1ccc([C@@H]2[C@@H](OCc3ccc4c(c3)N(CCCOC)CCO4)CNC[C@H]2OCCn2cncn2)cc1. The third-order valence-electron chi connectivity index (χ3n) is 7.86. The maximum absolute atomic E-state index is 6.67. The summed E-state index contributed by atoms with van der Waals surface area (Å²) in [4.78, 5) is 6.41. The van der Waals surface area contributed by atoms with Crippen LogP contribution >= 0.6 is 0 Å². The molecule has 0 saturated carbocycles. The fourth-order valence-electron chi connectivity index (χ4n) is 5.68. The number of fused-ring (bicyclic) bond motifs is 1. The number of methoxy groups -OCH3 is 2. The van der Waals surface area contributed by atoms with Gasteiger partial charge in [-0.2, -0.15) is 5.10 Å². The van der Waals surface area contributed by atoms with Crippen LogP contribution in [0.25, 0.3) is 0 Å². The number of ether oxygens (including phenoxy) is 6. The minimum Gasteiger partial charge on any atom is -0.494 e. The fraction of sp³-hybridized carbons (Fsp3) is 0.562. The van der Waals surface area contributed by atoms with E-state index in [2.05, 4.69) is 50.6 Å². The summed E-state index contributed by atoms with van der Waals surface area (Å²) in [5, 5.41) is 7.74. The van der Waals surface area contributed by atoms with Gasteiger partial charge in [-0.15, -0.1) is 0 Å². The van der Waals surface area contributed by atoms with Crippen molar-refractivity contribution in [2.24, 2.45) is 0 Å². The smallest absolute Gasteiger partial charge is 0.142 e. The average molecular weight is 596 g/mol. The summed E-state index contributed by atoms with van der Waals surface area (Å²) in [6.07, 6.45) is 4.93. The zero-order valence-corrected chi connectivity index (χ0v) is 25.4. The monoisotopic (exact) mass is 595 g/mol. The summed E-state index contributed by atoms with van der Waals surface area (Å²) >= 11 is 0. The fourth-order valence-corrected chi connectivity index (χ4v) is 5.68. The van der Waals surface area contributed by atoms with E-state index >= 15 is 0 Å². The van der Waals surface area contributed by atoms with E-state index in [-0.39, 0.29) is 18.1 Å². The van der Waals surface area contributed by atoms with Crippen molar-refractivity contribution in [3.05, 3.63) is 66.2 Å². The van der Waals surface area contributed by atoms with Crippen molar-refractivity contribution >= 4 is 5.69 Å². The van der Waals surface area contributed by atoms with Crippen LogP contribution in [0.4, 0.5) is 5.69 Å². The van der Waals surface area contributed by atoms with Gasteiger partial charge in [-0.3, -0.25) is 4.68 Å². The lowest BCUT2D eigenvalue weighted by Gasteiger charge is -2.39. The highest BCUT2D eigenvalue weighted by Crippen LogP contribution is 2.35. The molecule has 2 aliphatic heterocycles. The Labute approximate surface area is 254 Å². The lowest BCUT2D eigenvalue weighted by Crippen LogP contribution is -2.50. The predicted molar refractivity (Wildman–Crippen MR) is 163 cm³/mol. The molecule has 3 aromatic rings. The summed E-state index contributed by atoms with van der Waals surface area (Å²) in [5.74, 6) is 1.82. The van der Waals surface area contributed by atoms with E-state index in [9.17, 15) is 0 Å². The molecular formula is C32H45N5O6. The normalized spacial score (nSPS) is 20.0. The number of nitrogens with one attached hydrogen (secondary N) is 1. The molecule has 43 heavy (non-hydrogen) atoms. The van der Waals surface area contributed by atoms with E-state index < -0.39 is 0 Å². The molecule has 0 unspecified atom stereocenters. The minimum absolute atomic E-state index is 0.0473. The molecule has 2 aromatic carbocycles. The number of piperidine rings is 1. The Hall–Kier alpha value is -3.22. The number of anilines is 1. The highest BCUT2D eigenvalue weighted by atomic mass is 16.5. The number of nitrogens with zero attached hydrogens (tertiary/aromatic N) is 4. The second-order valence-corrected chi connectivity index (χ2v) is 10.8. The number of hydrogen-bond acceptors (Lipinski definition) is 10. The Balaban J connectivity index is 1.27. The van der Waals surface area contributed by atoms with E-state index in [0.29, 0.717) is 39.6 Å². The molecule has 2 aliphatic rings. The lowest BCUT2D eigenvalue weighted by atomic mass is 9.85. The van der Waals surface area contributed by atoms with Crippen molar-refractivity contribution in [3.8, 4) is 11.5 Å². The molecule has 0 radical (unpaired) electrons. The molecule has 1 saturated heterocycles. The standard InChI is InChI=1S/C32H45N5O6/c1-38-14-3-11-36-12-17-41-29-10-5-25(19-28(29)36)22-43-31-21-33-20-30(42-18-13-37-24-34-23-35-37)32(31)26-6-8-27(9-7-26)40-16-4-15-39-2/h5-10,19,23-24,30-33H,3-4,11-18,20-22H2,1-2H3/t30-,31+,32+/m1/s1. The van der Waals surface area contributed by atoms with Gasteiger partial charge in [-0.05, 0) is 41.8 Å². The average Bonchev–Trinajstić information content (AvgIpc) is 3.56. The highest BCUT2D eigenvalue weighted by molar-refractivity contribution is 5.61. The van der Waals surface area contributed by atoms with E-state index in [1.165, 1.54) is 5.56 Å². The molecule has 1 N–H and O–H groups in total. The third-order valence-corrected chi connectivity index (χ3v) is 7.86. The van der Waals surface area contributed by atoms with Gasteiger partial charge in [0.25, 0.3) is 0 Å². The Morgan fingerprint density at radius 3 is 2.51 bits per heavy atom. The van der Waals surface area contributed by atoms with E-state index in [0.717, 1.165) is 68.4 Å². The van der Waals surface area contributed by atoms with Gasteiger partial charge in [0.1, 0.15) is 30.8 Å². The molecule has 3 heterocycles. The second kappa shape index (κ2) is 16.6. The molecule has 3 atom stereocenters. The van der Waals surface area contributed by atoms with Crippen molar-refractivity contribution < 1.29 is 28.4 Å². The molecule has 1 fully saturated rings. The number of aromatic nitrogens is 3. The first-order chi connectivity index (χ1) is 21.2. The quantitative estimate of drug-likeness (QED) is 0.234. The molecular weight excluding hydrogens is 550 g/mol. The molecule has 1 aromatic heterocycles. The Kier molecular flexibility index (Phi) is 12.0. The predicted octanol–water partition coefficient (Wildman–Crippen LogP) is 3.29. The molecule has 11 heteroatoms. The summed E-state index contributed by atoms with van der Waals surface area (Å²) in [5.41, 5.74) is 3.41. The Bertz CT molecular complexity index is 1210. The van der Waals surface area contributed by atoms with E-state index in [1.54, 1.807) is 31.6 Å². The summed E-state index contributed by atoms with van der Waals surface area (Å²) in [6, 6.07) is 14.7. The van der Waals surface area contributed by atoms with E-state index in [4.69, 9.17) is 28.4 Å². The lowest BCUT2D eigenvalue weighted by molar-refractivity contribution is -0.0616. The third kappa shape index (κ3) is 8.90. The zero-order valence-electron chi connectivity index (χ0n) is 25.4. The van der Waals surface area contributed by atoms with Crippen LogP contribution in [-0.2, 0) is 32.1 Å². The van der Waals surface area contributed by atoms with Crippen LogP contribution in [0.2, 0.25) is 0 Å². The van der Waals surface area contributed by atoms with Crippen LogP contribution in [0.3, 0.4) is 0 Å². The van der Waals surface area contributed by atoms with Crippen molar-refractivity contribution in [1.29, 1.82) is 0 Å². The van der Waals surface area contributed by atoms with Crippen LogP contribution in [0.5, 0.6) is 11.5 Å². The highest BCUT2D eigenvalue weighted by Gasteiger charge is 2.36. The first-order valence-corrected chi connectivity index (χ1v) is 15.2. The topological polar surface area (TPSA) is 101 Å². The number of benzene rings is 2. The molecule has 0 amide bonds. The Morgan fingerprint density at radius 2 is 1.72 bits per heavy atom. The van der Waals surface area contributed by atoms with Gasteiger partial charge in [0, 0.05) is 59.4 Å². The summed E-state index contributed by atoms with van der Waals surface area (Å²) in [6.45, 7) is 7.69. The maximum atomic E-state index is 6.67. The van der Waals surface area contributed by atoms with Gasteiger partial charge < -0.3 is 38.6 Å². The van der Waals surface area contributed by atoms with Gasteiger partial charge in [-0.1, -0.05) is 18.2 Å². The van der Waals surface area contributed by atoms with E-state index in [1.807, 2.05) is 12.1 Å². The van der Waals surface area contributed by atoms with Crippen LogP contribution < -0.4 is 19.7 Å². The van der Waals surface area contributed by atoms with Crippen molar-refractivity contribution in [2.45, 2.75) is 44.1 Å². The molecule has 11 nitrogen and oxygen atoms in total. The molecule has 0 spiro atoms. The zero-order chi connectivity index (χ0) is 29.7. The van der Waals surface area contributed by atoms with Gasteiger partial charge in [0.2, 0.25) is 0 Å². The molecule has 0 aliphatic carbocycles. The van der Waals surface area contributed by atoms with Crippen molar-refractivity contribution in [1.82, 2.24) is 20.1 Å². The number of hydrogen-bond donors (Lipinski definition) is 1. The summed E-state index contributed by atoms with van der Waals surface area (Å²) in [7, 11) is 3.45. The van der Waals surface area contributed by atoms with Crippen LogP contribution in [0.1, 0.15) is 29.9 Å². The maximum Gasteiger partial charge on any atom is 0.142 e. The van der Waals surface area contributed by atoms with Crippen LogP contribution in [0, 0.1) is 0 Å². The molecule has 234 valence electrons. The van der Waals surface area contributed by atoms with Gasteiger partial charge in [0.05, 0.1) is 50.8 Å². The van der Waals surface area contributed by atoms with Crippen LogP contribution in [-0.4, -0.2) is 100 Å².